The van der Waals surface area contributed by atoms with Gasteiger partial charge in [-0.05, 0) is 43.4 Å². The third kappa shape index (κ3) is 6.68. The van der Waals surface area contributed by atoms with Gasteiger partial charge in [0.15, 0.2) is 17.8 Å². The zero-order valence-corrected chi connectivity index (χ0v) is 25.3. The molecule has 0 spiro atoms. The van der Waals surface area contributed by atoms with E-state index in [2.05, 4.69) is 0 Å². The van der Waals surface area contributed by atoms with Crippen molar-refractivity contribution in [3.8, 4) is 11.5 Å². The number of hydrogen-bond donors (Lipinski definition) is 2. The van der Waals surface area contributed by atoms with Gasteiger partial charge < -0.3 is 29.2 Å². The SMILES string of the molecule is O=C(O)N([C@H]1CO[C@H]2OCC[C@H]21)[C@@H](Cc1ccccc1)[C@H](O)CN(OC1CCCCC1)S(=O)(=O)c1ccc2c(c1)OCCO2. The second-order valence-electron chi connectivity index (χ2n) is 11.8. The Morgan fingerprint density at radius 3 is 2.45 bits per heavy atom. The molecule has 2 aromatic rings. The van der Waals surface area contributed by atoms with Crippen LogP contribution in [-0.4, -0.2) is 97.6 Å². The minimum absolute atomic E-state index is 0.0744. The van der Waals surface area contributed by atoms with E-state index in [9.17, 15) is 23.4 Å². The van der Waals surface area contributed by atoms with E-state index in [1.54, 1.807) is 6.07 Å². The van der Waals surface area contributed by atoms with Gasteiger partial charge in [0.05, 0.1) is 48.9 Å². The van der Waals surface area contributed by atoms with Crippen LogP contribution in [0.2, 0.25) is 0 Å². The average Bonchev–Trinajstić information content (AvgIpc) is 3.66. The lowest BCUT2D eigenvalue weighted by Crippen LogP contribution is -2.57. The fourth-order valence-electron chi connectivity index (χ4n) is 6.64. The molecule has 2 aromatic carbocycles. The van der Waals surface area contributed by atoms with Crippen LogP contribution in [0.1, 0.15) is 44.1 Å². The third-order valence-corrected chi connectivity index (χ3v) is 10.5. The number of aliphatic hydroxyl groups excluding tert-OH is 1. The molecule has 44 heavy (non-hydrogen) atoms. The molecule has 1 amide bonds. The fraction of sp³-hybridized carbons (Fsp3) is 0.581. The first-order chi connectivity index (χ1) is 21.3. The molecule has 0 unspecified atom stereocenters. The molecule has 3 aliphatic heterocycles. The number of sulfonamides is 1. The van der Waals surface area contributed by atoms with Gasteiger partial charge in [-0.1, -0.05) is 54.1 Å². The van der Waals surface area contributed by atoms with E-state index in [1.807, 2.05) is 30.3 Å². The summed E-state index contributed by atoms with van der Waals surface area (Å²) in [7, 11) is -4.31. The molecule has 6 rings (SSSR count). The number of hydroxylamine groups is 1. The van der Waals surface area contributed by atoms with Crippen molar-refractivity contribution in [1.29, 1.82) is 0 Å². The van der Waals surface area contributed by atoms with Gasteiger partial charge in [0.25, 0.3) is 10.0 Å². The molecule has 2 N–H and O–H groups in total. The van der Waals surface area contributed by atoms with Crippen LogP contribution in [0.5, 0.6) is 11.5 Å². The first-order valence-electron chi connectivity index (χ1n) is 15.4. The van der Waals surface area contributed by atoms with Gasteiger partial charge in [0.1, 0.15) is 13.2 Å². The lowest BCUT2D eigenvalue weighted by Gasteiger charge is -2.39. The van der Waals surface area contributed by atoms with Gasteiger partial charge in [-0.15, -0.1) is 0 Å². The maximum Gasteiger partial charge on any atom is 0.407 e. The predicted molar refractivity (Wildman–Crippen MR) is 157 cm³/mol. The predicted octanol–water partition coefficient (Wildman–Crippen LogP) is 3.43. The van der Waals surface area contributed by atoms with Crippen LogP contribution < -0.4 is 9.47 Å². The number of nitrogens with zero attached hydrogens (tertiary/aromatic N) is 2. The highest BCUT2D eigenvalue weighted by molar-refractivity contribution is 7.89. The number of benzene rings is 2. The fourth-order valence-corrected chi connectivity index (χ4v) is 7.96. The number of amides is 1. The Bertz CT molecular complexity index is 1390. The van der Waals surface area contributed by atoms with Crippen LogP contribution in [0, 0.1) is 5.92 Å². The van der Waals surface area contributed by atoms with Crippen molar-refractivity contribution >= 4 is 16.1 Å². The Balaban J connectivity index is 1.32. The van der Waals surface area contributed by atoms with E-state index in [4.69, 9.17) is 23.8 Å². The Morgan fingerprint density at radius 2 is 1.70 bits per heavy atom. The van der Waals surface area contributed by atoms with E-state index in [-0.39, 0.29) is 29.9 Å². The van der Waals surface area contributed by atoms with Crippen LogP contribution in [-0.2, 0) is 30.8 Å². The summed E-state index contributed by atoms with van der Waals surface area (Å²) in [5.41, 5.74) is 0.801. The third-order valence-electron chi connectivity index (χ3n) is 8.91. The molecule has 3 heterocycles. The molecule has 12 nitrogen and oxygen atoms in total. The number of carbonyl (C=O) groups is 1. The number of ether oxygens (including phenoxy) is 4. The number of fused-ring (bicyclic) bond motifs is 2. The van der Waals surface area contributed by atoms with Crippen molar-refractivity contribution < 1.29 is 47.2 Å². The summed E-state index contributed by atoms with van der Waals surface area (Å²) in [5, 5.41) is 22.4. The second-order valence-corrected chi connectivity index (χ2v) is 13.6. The standard InChI is InChI=1S/C31H40N2O10S/c34-27(25(17-21-7-3-1-4-8-21)33(31(35)36)26-20-42-30-24(26)13-14-41-30)19-32(43-22-9-5-2-6-10-22)44(37,38)23-11-12-28-29(18-23)40-16-15-39-28/h1,3-4,7-8,11-12,18,22,24-27,30,34H,2,5-6,9-10,13-17,19-20H2,(H,35,36)/t24-,25-,26-,27+,30+/m0/s1. The minimum atomic E-state index is -4.31. The van der Waals surface area contributed by atoms with Gasteiger partial charge in [-0.3, -0.25) is 9.74 Å². The average molecular weight is 633 g/mol. The van der Waals surface area contributed by atoms with Crippen molar-refractivity contribution in [2.45, 2.75) is 80.4 Å². The van der Waals surface area contributed by atoms with Crippen molar-refractivity contribution in [2.75, 3.05) is 33.0 Å². The van der Waals surface area contributed by atoms with Crippen molar-refractivity contribution in [3.05, 3.63) is 54.1 Å². The highest BCUT2D eigenvalue weighted by Crippen LogP contribution is 2.37. The first kappa shape index (κ1) is 31.1. The summed E-state index contributed by atoms with van der Waals surface area (Å²) in [4.78, 5) is 20.2. The number of aliphatic hydroxyl groups is 1. The highest BCUT2D eigenvalue weighted by Gasteiger charge is 2.49. The molecule has 0 aromatic heterocycles. The molecule has 13 heteroatoms. The zero-order valence-electron chi connectivity index (χ0n) is 24.5. The summed E-state index contributed by atoms with van der Waals surface area (Å²) in [6.07, 6.45) is 1.47. The maximum absolute atomic E-state index is 14.1. The maximum atomic E-state index is 14.1. The summed E-state index contributed by atoms with van der Waals surface area (Å²) in [6, 6.07) is 12.0. The summed E-state index contributed by atoms with van der Waals surface area (Å²) >= 11 is 0. The Kier molecular flexibility index (Phi) is 9.59. The van der Waals surface area contributed by atoms with E-state index in [0.29, 0.717) is 50.6 Å². The smallest absolute Gasteiger partial charge is 0.407 e. The summed E-state index contributed by atoms with van der Waals surface area (Å²) in [5.74, 6) is 0.569. The highest BCUT2D eigenvalue weighted by atomic mass is 32.2. The molecule has 0 radical (unpaired) electrons. The van der Waals surface area contributed by atoms with Crippen LogP contribution in [0.25, 0.3) is 0 Å². The lowest BCUT2D eigenvalue weighted by molar-refractivity contribution is -0.159. The normalized spacial score (nSPS) is 25.0. The lowest BCUT2D eigenvalue weighted by atomic mass is 9.93. The molecule has 3 fully saturated rings. The molecular weight excluding hydrogens is 592 g/mol. The first-order valence-corrected chi connectivity index (χ1v) is 16.8. The summed E-state index contributed by atoms with van der Waals surface area (Å²) < 4.78 is 51.8. The van der Waals surface area contributed by atoms with Gasteiger partial charge in [0.2, 0.25) is 0 Å². The quantitative estimate of drug-likeness (QED) is 0.354. The van der Waals surface area contributed by atoms with Crippen molar-refractivity contribution in [3.63, 3.8) is 0 Å². The Morgan fingerprint density at radius 1 is 0.955 bits per heavy atom. The Hall–Kier alpha value is -2.94. The van der Waals surface area contributed by atoms with Gasteiger partial charge in [-0.2, -0.15) is 0 Å². The van der Waals surface area contributed by atoms with Crippen molar-refractivity contribution in [2.24, 2.45) is 5.92 Å². The van der Waals surface area contributed by atoms with Gasteiger partial charge in [0, 0.05) is 12.0 Å². The minimum Gasteiger partial charge on any atom is -0.486 e. The molecule has 0 bridgehead atoms. The number of hydrogen-bond acceptors (Lipinski definition) is 9. The van der Waals surface area contributed by atoms with Gasteiger partial charge >= 0.3 is 6.09 Å². The topological polar surface area (TPSA) is 144 Å². The van der Waals surface area contributed by atoms with E-state index < -0.39 is 47.1 Å². The Labute approximate surface area is 257 Å². The van der Waals surface area contributed by atoms with E-state index >= 15 is 0 Å². The second kappa shape index (κ2) is 13.6. The largest absolute Gasteiger partial charge is 0.486 e. The van der Waals surface area contributed by atoms with Crippen LogP contribution in [0.3, 0.4) is 0 Å². The monoisotopic (exact) mass is 632 g/mol. The molecule has 240 valence electrons. The zero-order chi connectivity index (χ0) is 30.7. The van der Waals surface area contributed by atoms with Crippen LogP contribution >= 0.6 is 0 Å². The van der Waals surface area contributed by atoms with Crippen molar-refractivity contribution in [1.82, 2.24) is 9.37 Å². The number of rotatable bonds is 11. The molecule has 2 saturated heterocycles. The molecular formula is C31H40N2O10S. The molecule has 5 atom stereocenters. The van der Waals surface area contributed by atoms with E-state index in [1.165, 1.54) is 17.0 Å². The van der Waals surface area contributed by atoms with Gasteiger partial charge in [-0.25, -0.2) is 13.2 Å². The van der Waals surface area contributed by atoms with Crippen LogP contribution in [0.15, 0.2) is 53.4 Å². The molecule has 1 aliphatic carbocycles. The molecule has 1 saturated carbocycles. The molecule has 4 aliphatic rings. The van der Waals surface area contributed by atoms with Crippen LogP contribution in [0.4, 0.5) is 4.79 Å². The number of carboxylic acid groups (broad SMARTS) is 1. The van der Waals surface area contributed by atoms with E-state index in [0.717, 1.165) is 29.3 Å². The summed E-state index contributed by atoms with van der Waals surface area (Å²) in [6.45, 7) is 0.762.